The van der Waals surface area contributed by atoms with Gasteiger partial charge in [0.1, 0.15) is 11.9 Å². The summed E-state index contributed by atoms with van der Waals surface area (Å²) < 4.78 is 4.06. The first-order valence-corrected chi connectivity index (χ1v) is 12.5. The zero-order valence-electron chi connectivity index (χ0n) is 19.6. The van der Waals surface area contributed by atoms with E-state index < -0.39 is 6.04 Å². The number of aromatic nitrogens is 3. The number of nitrogens with one attached hydrogen (secondary N) is 2. The number of carbonyl (C=O) groups is 3. The normalized spacial score (nSPS) is 15.1. The first kappa shape index (κ1) is 24.5. The van der Waals surface area contributed by atoms with Crippen LogP contribution in [-0.2, 0) is 17.8 Å². The van der Waals surface area contributed by atoms with E-state index in [9.17, 15) is 14.4 Å². The lowest BCUT2D eigenvalue weighted by Crippen LogP contribution is -2.46. The molecule has 37 heavy (non-hydrogen) atoms. The van der Waals surface area contributed by atoms with E-state index in [2.05, 4.69) is 25.0 Å². The Bertz CT molecular complexity index is 1480. The first-order chi connectivity index (χ1) is 17.9. The van der Waals surface area contributed by atoms with Crippen LogP contribution >= 0.6 is 23.1 Å². The van der Waals surface area contributed by atoms with Gasteiger partial charge in [-0.1, -0.05) is 29.8 Å². The van der Waals surface area contributed by atoms with Crippen LogP contribution < -0.4 is 10.6 Å². The lowest BCUT2D eigenvalue weighted by atomic mass is 10.0. The fraction of sp³-hybridized carbons (Fsp3) is 0.154. The summed E-state index contributed by atoms with van der Waals surface area (Å²) in [7, 11) is 0. The maximum atomic E-state index is 13.7. The van der Waals surface area contributed by atoms with Crippen molar-refractivity contribution in [1.29, 1.82) is 0 Å². The number of benzene rings is 2. The summed E-state index contributed by atoms with van der Waals surface area (Å²) in [4.78, 5) is 49.6. The third-order valence-corrected chi connectivity index (χ3v) is 6.81. The number of amides is 3. The topological polar surface area (TPSA) is 117 Å². The lowest BCUT2D eigenvalue weighted by Gasteiger charge is -2.28. The van der Waals surface area contributed by atoms with Crippen molar-refractivity contribution >= 4 is 51.7 Å². The molecule has 186 valence electrons. The third kappa shape index (κ3) is 5.50. The van der Waals surface area contributed by atoms with Gasteiger partial charge in [0, 0.05) is 47.0 Å². The number of fused-ring (bicyclic) bond motifs is 1. The molecule has 0 saturated carbocycles. The molecule has 3 heterocycles. The molecule has 2 aromatic heterocycles. The van der Waals surface area contributed by atoms with E-state index in [1.165, 1.54) is 4.90 Å². The molecule has 1 aliphatic rings. The molecule has 4 aromatic rings. The zero-order valence-corrected chi connectivity index (χ0v) is 21.2. The van der Waals surface area contributed by atoms with E-state index in [-0.39, 0.29) is 30.7 Å². The molecule has 0 spiro atoms. The molecule has 5 rings (SSSR count). The predicted octanol–water partition coefficient (Wildman–Crippen LogP) is 4.35. The van der Waals surface area contributed by atoms with Crippen LogP contribution in [-0.4, -0.2) is 43.0 Å². The van der Waals surface area contributed by atoms with Crippen molar-refractivity contribution in [2.75, 3.05) is 10.6 Å². The highest BCUT2D eigenvalue weighted by atomic mass is 35.5. The molecule has 0 unspecified atom stereocenters. The molecule has 0 saturated heterocycles. The van der Waals surface area contributed by atoms with Gasteiger partial charge in [-0.3, -0.25) is 24.7 Å². The zero-order chi connectivity index (χ0) is 25.9. The number of hydrogen-bond acceptors (Lipinski definition) is 7. The monoisotopic (exact) mass is 532 g/mol. The second-order valence-electron chi connectivity index (χ2n) is 8.45. The minimum Gasteiger partial charge on any atom is -0.323 e. The molecule has 0 fully saturated rings. The fourth-order valence-corrected chi connectivity index (χ4v) is 4.78. The molecular weight excluding hydrogens is 512 g/mol. The van der Waals surface area contributed by atoms with Gasteiger partial charge in [0.2, 0.25) is 11.0 Å². The fourth-order valence-electron chi connectivity index (χ4n) is 4.04. The molecule has 3 amide bonds. The van der Waals surface area contributed by atoms with Crippen LogP contribution in [0.5, 0.6) is 0 Å². The van der Waals surface area contributed by atoms with Crippen molar-refractivity contribution in [3.63, 3.8) is 0 Å². The van der Waals surface area contributed by atoms with E-state index in [0.29, 0.717) is 38.5 Å². The SMILES string of the molecule is Cc1nsc(NC(=O)c2ccc(CN3C(=O)c4ccc(Cl)cc4NC(=O)[C@H]3Cc3ccccn3)cc2)n1. The largest absolute Gasteiger partial charge is 0.323 e. The highest BCUT2D eigenvalue weighted by Gasteiger charge is 2.36. The van der Waals surface area contributed by atoms with E-state index in [0.717, 1.165) is 17.1 Å². The molecule has 2 aromatic carbocycles. The van der Waals surface area contributed by atoms with Gasteiger partial charge in [0.15, 0.2) is 0 Å². The molecule has 1 atom stereocenters. The predicted molar refractivity (Wildman–Crippen MR) is 141 cm³/mol. The third-order valence-electron chi connectivity index (χ3n) is 5.86. The van der Waals surface area contributed by atoms with Crippen LogP contribution in [0.3, 0.4) is 0 Å². The Morgan fingerprint density at radius 2 is 1.95 bits per heavy atom. The van der Waals surface area contributed by atoms with Crippen LogP contribution in [0.15, 0.2) is 66.9 Å². The molecule has 0 radical (unpaired) electrons. The molecular formula is C26H21ClN6O3S. The second-order valence-corrected chi connectivity index (χ2v) is 9.64. The van der Waals surface area contributed by atoms with Crippen molar-refractivity contribution in [2.45, 2.75) is 25.9 Å². The quantitative estimate of drug-likeness (QED) is 0.381. The average Bonchev–Trinajstić information content (AvgIpc) is 3.27. The number of aryl methyl sites for hydroxylation is 1. The van der Waals surface area contributed by atoms with Crippen molar-refractivity contribution in [1.82, 2.24) is 19.2 Å². The number of rotatable bonds is 6. The van der Waals surface area contributed by atoms with Gasteiger partial charge in [-0.25, -0.2) is 4.98 Å². The maximum absolute atomic E-state index is 13.7. The van der Waals surface area contributed by atoms with E-state index >= 15 is 0 Å². The Kier molecular flexibility index (Phi) is 6.93. The Hall–Kier alpha value is -4.15. The van der Waals surface area contributed by atoms with Gasteiger partial charge >= 0.3 is 0 Å². The number of pyridine rings is 1. The van der Waals surface area contributed by atoms with E-state index in [1.54, 1.807) is 61.7 Å². The molecule has 11 heteroatoms. The van der Waals surface area contributed by atoms with Crippen molar-refractivity contribution in [3.05, 3.63) is 100 Å². The summed E-state index contributed by atoms with van der Waals surface area (Å²) in [6.45, 7) is 1.91. The van der Waals surface area contributed by atoms with Crippen LogP contribution in [0.25, 0.3) is 0 Å². The van der Waals surface area contributed by atoms with Crippen LogP contribution in [0.1, 0.15) is 37.8 Å². The summed E-state index contributed by atoms with van der Waals surface area (Å²) in [6, 6.07) is 16.3. The molecule has 1 aliphatic heterocycles. The Labute approximate surface area is 221 Å². The van der Waals surface area contributed by atoms with Gasteiger partial charge in [-0.05, 0) is 55.0 Å². The Morgan fingerprint density at radius 1 is 1.14 bits per heavy atom. The standard InChI is InChI=1S/C26H21ClN6O3S/c1-15-29-26(37-32-15)31-23(34)17-7-5-16(6-8-17)14-33-22(13-19-4-2-3-11-28-19)24(35)30-21-12-18(27)9-10-20(21)25(33)36/h2-12,22H,13-14H2,1H3,(H,30,35)(H,29,31,32,34)/t22-/m1/s1. The molecule has 0 aliphatic carbocycles. The van der Waals surface area contributed by atoms with Gasteiger partial charge in [-0.15, -0.1) is 0 Å². The lowest BCUT2D eigenvalue weighted by molar-refractivity contribution is -0.120. The Balaban J connectivity index is 1.42. The molecule has 9 nitrogen and oxygen atoms in total. The molecule has 2 N–H and O–H groups in total. The number of nitrogens with zero attached hydrogens (tertiary/aromatic N) is 4. The first-order valence-electron chi connectivity index (χ1n) is 11.4. The highest BCUT2D eigenvalue weighted by molar-refractivity contribution is 7.09. The number of anilines is 2. The van der Waals surface area contributed by atoms with Crippen molar-refractivity contribution < 1.29 is 14.4 Å². The summed E-state index contributed by atoms with van der Waals surface area (Å²) in [5.74, 6) is -0.361. The molecule has 0 bridgehead atoms. The van der Waals surface area contributed by atoms with Crippen LogP contribution in [0, 0.1) is 6.92 Å². The summed E-state index contributed by atoms with van der Waals surface area (Å²) in [6.07, 6.45) is 1.89. The summed E-state index contributed by atoms with van der Waals surface area (Å²) >= 11 is 7.23. The van der Waals surface area contributed by atoms with Gasteiger partial charge in [0.05, 0.1) is 11.3 Å². The average molecular weight is 533 g/mol. The van der Waals surface area contributed by atoms with E-state index in [1.807, 2.05) is 12.1 Å². The minimum absolute atomic E-state index is 0.156. The number of hydrogen-bond donors (Lipinski definition) is 2. The Morgan fingerprint density at radius 3 is 2.65 bits per heavy atom. The smallest absolute Gasteiger partial charge is 0.257 e. The van der Waals surface area contributed by atoms with Crippen LogP contribution in [0.4, 0.5) is 10.8 Å². The maximum Gasteiger partial charge on any atom is 0.257 e. The van der Waals surface area contributed by atoms with E-state index in [4.69, 9.17) is 11.6 Å². The van der Waals surface area contributed by atoms with Gasteiger partial charge in [0.25, 0.3) is 11.8 Å². The highest BCUT2D eigenvalue weighted by Crippen LogP contribution is 2.28. The second kappa shape index (κ2) is 10.5. The summed E-state index contributed by atoms with van der Waals surface area (Å²) in [5.41, 5.74) is 2.59. The van der Waals surface area contributed by atoms with Crippen LogP contribution in [0.2, 0.25) is 5.02 Å². The van der Waals surface area contributed by atoms with Crippen molar-refractivity contribution in [3.8, 4) is 0 Å². The minimum atomic E-state index is -0.808. The van der Waals surface area contributed by atoms with Crippen molar-refractivity contribution in [2.24, 2.45) is 0 Å². The number of halogens is 1. The van der Waals surface area contributed by atoms with Gasteiger partial charge in [-0.2, -0.15) is 4.37 Å². The summed E-state index contributed by atoms with van der Waals surface area (Å²) in [5, 5.41) is 6.41. The number of carbonyl (C=O) groups excluding carboxylic acids is 3. The van der Waals surface area contributed by atoms with Gasteiger partial charge < -0.3 is 10.2 Å².